The molecule has 7 heteroatoms. The molecular formula is C14H11Cl3N2O2. The average molecular weight is 346 g/mol. The number of halogens is 3. The molecule has 4 nitrogen and oxygen atoms in total. The lowest BCUT2D eigenvalue weighted by atomic mass is 10.2. The van der Waals surface area contributed by atoms with E-state index >= 15 is 0 Å². The molecule has 0 radical (unpaired) electrons. The van der Waals surface area contributed by atoms with Crippen molar-refractivity contribution in [2.45, 2.75) is 6.54 Å². The summed E-state index contributed by atoms with van der Waals surface area (Å²) in [7, 11) is 1.31. The molecule has 0 fully saturated rings. The molecule has 2 aromatic rings. The Balaban J connectivity index is 2.08. The predicted molar refractivity (Wildman–Crippen MR) is 84.4 cm³/mol. The molecular weight excluding hydrogens is 335 g/mol. The van der Waals surface area contributed by atoms with Crippen molar-refractivity contribution in [3.8, 4) is 0 Å². The number of benzene rings is 1. The Bertz CT molecular complexity index is 660. The highest BCUT2D eigenvalue weighted by molar-refractivity contribution is 6.43. The maximum Gasteiger partial charge on any atom is 0.356 e. The first-order valence-corrected chi connectivity index (χ1v) is 7.06. The fraction of sp³-hybridized carbons (Fsp3) is 0.143. The highest BCUT2D eigenvalue weighted by Crippen LogP contribution is 2.30. The maximum atomic E-state index is 11.3. The number of anilines is 1. The summed E-state index contributed by atoms with van der Waals surface area (Å²) in [5.74, 6) is -0.480. The predicted octanol–water partition coefficient (Wildman–Crippen LogP) is 4.44. The van der Waals surface area contributed by atoms with Crippen LogP contribution in [0.5, 0.6) is 0 Å². The maximum absolute atomic E-state index is 11.3. The Morgan fingerprint density at radius 3 is 2.67 bits per heavy atom. The summed E-state index contributed by atoms with van der Waals surface area (Å²) >= 11 is 18.0. The number of hydrogen-bond donors (Lipinski definition) is 1. The summed E-state index contributed by atoms with van der Waals surface area (Å²) in [6.45, 7) is 0.429. The SMILES string of the molecule is COC(=O)c1ccc(NCc2cc(Cl)cc(Cl)c2Cl)cn1. The van der Waals surface area contributed by atoms with Crippen LogP contribution in [0.2, 0.25) is 15.1 Å². The Morgan fingerprint density at radius 2 is 2.05 bits per heavy atom. The number of methoxy groups -OCH3 is 1. The molecule has 0 saturated carbocycles. The molecule has 0 spiro atoms. The highest BCUT2D eigenvalue weighted by Gasteiger charge is 2.08. The molecule has 0 atom stereocenters. The summed E-state index contributed by atoms with van der Waals surface area (Å²) in [6, 6.07) is 6.61. The first kappa shape index (κ1) is 15.9. The van der Waals surface area contributed by atoms with Crippen molar-refractivity contribution in [3.05, 3.63) is 56.8 Å². The van der Waals surface area contributed by atoms with E-state index in [1.165, 1.54) is 13.3 Å². The molecule has 0 aliphatic heterocycles. The Labute approximate surface area is 137 Å². The van der Waals surface area contributed by atoms with Crippen molar-refractivity contribution in [2.24, 2.45) is 0 Å². The van der Waals surface area contributed by atoms with Crippen molar-refractivity contribution in [1.82, 2.24) is 4.98 Å². The van der Waals surface area contributed by atoms with Gasteiger partial charge in [-0.3, -0.25) is 0 Å². The third kappa shape index (κ3) is 4.00. The second-order valence-corrected chi connectivity index (χ2v) is 5.36. The average Bonchev–Trinajstić information content (AvgIpc) is 2.49. The third-order valence-electron chi connectivity index (χ3n) is 2.71. The van der Waals surface area contributed by atoms with Crippen molar-refractivity contribution in [2.75, 3.05) is 12.4 Å². The van der Waals surface area contributed by atoms with Gasteiger partial charge in [-0.15, -0.1) is 0 Å². The number of carbonyl (C=O) groups excluding carboxylic acids is 1. The fourth-order valence-corrected chi connectivity index (χ4v) is 2.37. The van der Waals surface area contributed by atoms with E-state index in [9.17, 15) is 4.79 Å². The second kappa shape index (κ2) is 6.98. The van der Waals surface area contributed by atoms with Gasteiger partial charge in [-0.2, -0.15) is 0 Å². The molecule has 1 aromatic heterocycles. The number of aromatic nitrogens is 1. The van der Waals surface area contributed by atoms with Crippen molar-refractivity contribution >= 4 is 46.5 Å². The van der Waals surface area contributed by atoms with E-state index in [-0.39, 0.29) is 5.69 Å². The summed E-state index contributed by atoms with van der Waals surface area (Å²) < 4.78 is 4.58. The summed E-state index contributed by atoms with van der Waals surface area (Å²) in [5, 5.41) is 4.49. The summed E-state index contributed by atoms with van der Waals surface area (Å²) in [6.07, 6.45) is 1.53. The van der Waals surface area contributed by atoms with Gasteiger partial charge in [0.05, 0.1) is 29.0 Å². The normalized spacial score (nSPS) is 10.3. The van der Waals surface area contributed by atoms with E-state index in [1.807, 2.05) is 0 Å². The van der Waals surface area contributed by atoms with Crippen LogP contribution in [0.4, 0.5) is 5.69 Å². The lowest BCUT2D eigenvalue weighted by Crippen LogP contribution is -2.05. The van der Waals surface area contributed by atoms with Crippen LogP contribution >= 0.6 is 34.8 Å². The minimum atomic E-state index is -0.480. The molecule has 0 aliphatic rings. The first-order valence-electron chi connectivity index (χ1n) is 5.93. The molecule has 0 bridgehead atoms. The smallest absolute Gasteiger partial charge is 0.356 e. The van der Waals surface area contributed by atoms with Crippen molar-refractivity contribution < 1.29 is 9.53 Å². The quantitative estimate of drug-likeness (QED) is 0.657. The first-order chi connectivity index (χ1) is 10.0. The summed E-state index contributed by atoms with van der Waals surface area (Å²) in [5.41, 5.74) is 1.74. The monoisotopic (exact) mass is 344 g/mol. The minimum absolute atomic E-state index is 0.242. The highest BCUT2D eigenvalue weighted by atomic mass is 35.5. The van der Waals surface area contributed by atoms with E-state index in [1.54, 1.807) is 24.3 Å². The molecule has 1 N–H and O–H groups in total. The van der Waals surface area contributed by atoms with E-state index in [0.717, 1.165) is 11.3 Å². The van der Waals surface area contributed by atoms with Gasteiger partial charge >= 0.3 is 5.97 Å². The van der Waals surface area contributed by atoms with Crippen LogP contribution in [-0.2, 0) is 11.3 Å². The van der Waals surface area contributed by atoms with Gasteiger partial charge in [-0.1, -0.05) is 34.8 Å². The number of hydrogen-bond acceptors (Lipinski definition) is 4. The largest absolute Gasteiger partial charge is 0.464 e. The molecule has 0 aliphatic carbocycles. The van der Waals surface area contributed by atoms with Gasteiger partial charge in [0, 0.05) is 11.6 Å². The van der Waals surface area contributed by atoms with Crippen LogP contribution in [0, 0.1) is 0 Å². The van der Waals surface area contributed by atoms with Gasteiger partial charge in [0.25, 0.3) is 0 Å². The van der Waals surface area contributed by atoms with E-state index in [2.05, 4.69) is 15.0 Å². The number of carbonyl (C=O) groups is 1. The van der Waals surface area contributed by atoms with Crippen LogP contribution in [0.25, 0.3) is 0 Å². The summed E-state index contributed by atoms with van der Waals surface area (Å²) in [4.78, 5) is 15.3. The number of ether oxygens (including phenoxy) is 1. The molecule has 1 heterocycles. The second-order valence-electron chi connectivity index (χ2n) is 4.14. The van der Waals surface area contributed by atoms with Gasteiger partial charge in [0.1, 0.15) is 5.69 Å². The molecule has 0 saturated heterocycles. The molecule has 0 amide bonds. The van der Waals surface area contributed by atoms with Gasteiger partial charge < -0.3 is 10.1 Å². The van der Waals surface area contributed by atoms with E-state index < -0.39 is 5.97 Å². The number of esters is 1. The minimum Gasteiger partial charge on any atom is -0.464 e. The lowest BCUT2D eigenvalue weighted by Gasteiger charge is -2.10. The Kier molecular flexibility index (Phi) is 5.28. The third-order valence-corrected chi connectivity index (χ3v) is 3.77. The zero-order valence-electron chi connectivity index (χ0n) is 11.0. The van der Waals surface area contributed by atoms with Crippen molar-refractivity contribution in [1.29, 1.82) is 0 Å². The zero-order valence-corrected chi connectivity index (χ0v) is 13.3. The number of nitrogens with one attached hydrogen (secondary N) is 1. The van der Waals surface area contributed by atoms with Crippen LogP contribution in [0.15, 0.2) is 30.5 Å². The fourth-order valence-electron chi connectivity index (χ4n) is 1.66. The molecule has 110 valence electrons. The topological polar surface area (TPSA) is 51.2 Å². The molecule has 2 rings (SSSR count). The van der Waals surface area contributed by atoms with Crippen LogP contribution < -0.4 is 5.32 Å². The van der Waals surface area contributed by atoms with Gasteiger partial charge in [0.2, 0.25) is 0 Å². The number of nitrogens with zero attached hydrogens (tertiary/aromatic N) is 1. The molecule has 0 unspecified atom stereocenters. The number of rotatable bonds is 4. The Morgan fingerprint density at radius 1 is 1.29 bits per heavy atom. The number of pyridine rings is 1. The Hall–Kier alpha value is -1.49. The van der Waals surface area contributed by atoms with Gasteiger partial charge in [0.15, 0.2) is 0 Å². The molecule has 21 heavy (non-hydrogen) atoms. The van der Waals surface area contributed by atoms with Crippen LogP contribution in [0.1, 0.15) is 16.1 Å². The van der Waals surface area contributed by atoms with Crippen molar-refractivity contribution in [3.63, 3.8) is 0 Å². The van der Waals surface area contributed by atoms with E-state index in [0.29, 0.717) is 21.6 Å². The van der Waals surface area contributed by atoms with E-state index in [4.69, 9.17) is 34.8 Å². The van der Waals surface area contributed by atoms with Gasteiger partial charge in [-0.25, -0.2) is 9.78 Å². The standard InChI is InChI=1S/C14H11Cl3N2O2/c1-21-14(20)12-3-2-10(7-19-12)18-6-8-4-9(15)5-11(16)13(8)17/h2-5,7,18H,6H2,1H3. The zero-order chi connectivity index (χ0) is 15.4. The van der Waals surface area contributed by atoms with Gasteiger partial charge in [-0.05, 0) is 29.8 Å². The van der Waals surface area contributed by atoms with Crippen LogP contribution in [-0.4, -0.2) is 18.1 Å². The van der Waals surface area contributed by atoms with Crippen LogP contribution in [0.3, 0.4) is 0 Å². The lowest BCUT2D eigenvalue weighted by molar-refractivity contribution is 0.0594. The molecule has 1 aromatic carbocycles.